The Morgan fingerprint density at radius 3 is 2.57 bits per heavy atom. The van der Waals surface area contributed by atoms with Gasteiger partial charge in [-0.2, -0.15) is 4.98 Å². The average molecular weight is 291 g/mol. The molecule has 0 saturated heterocycles. The molecule has 2 rings (SSSR count). The van der Waals surface area contributed by atoms with E-state index in [1.54, 1.807) is 7.11 Å². The summed E-state index contributed by atoms with van der Waals surface area (Å²) in [6, 6.07) is 5.56. The van der Waals surface area contributed by atoms with Crippen molar-refractivity contribution in [3.8, 4) is 11.5 Å². The number of benzene rings is 1. The summed E-state index contributed by atoms with van der Waals surface area (Å²) in [5, 5.41) is 3.88. The van der Waals surface area contributed by atoms with Gasteiger partial charge in [0.25, 0.3) is 0 Å². The molecule has 0 radical (unpaired) electrons. The first-order valence-corrected chi connectivity index (χ1v) is 6.90. The second-order valence-electron chi connectivity index (χ2n) is 5.19. The Balaban J connectivity index is 2.08. The molecular weight excluding hydrogens is 270 g/mol. The average Bonchev–Trinajstić information content (AvgIpc) is 2.93. The highest BCUT2D eigenvalue weighted by Gasteiger charge is 2.12. The molecule has 0 spiro atoms. The molecule has 1 aromatic carbocycles. The highest BCUT2D eigenvalue weighted by atomic mass is 16.5. The maximum absolute atomic E-state index is 5.85. The van der Waals surface area contributed by atoms with Crippen LogP contribution in [0.25, 0.3) is 0 Å². The van der Waals surface area contributed by atoms with E-state index >= 15 is 0 Å². The zero-order chi connectivity index (χ0) is 15.4. The first-order valence-electron chi connectivity index (χ1n) is 6.90. The van der Waals surface area contributed by atoms with Crippen LogP contribution in [-0.4, -0.2) is 17.3 Å². The van der Waals surface area contributed by atoms with Gasteiger partial charge in [0.05, 0.1) is 7.11 Å². The van der Waals surface area contributed by atoms with Crippen LogP contribution in [0.2, 0.25) is 0 Å². The van der Waals surface area contributed by atoms with Gasteiger partial charge in [-0.15, -0.1) is 0 Å². The molecule has 0 aliphatic rings. The van der Waals surface area contributed by atoms with Crippen LogP contribution in [0.15, 0.2) is 22.7 Å². The van der Waals surface area contributed by atoms with Gasteiger partial charge in [-0.25, -0.2) is 0 Å². The van der Waals surface area contributed by atoms with Gasteiger partial charge in [0.15, 0.2) is 18.1 Å². The molecule has 0 amide bonds. The van der Waals surface area contributed by atoms with Gasteiger partial charge in [-0.3, -0.25) is 0 Å². The lowest BCUT2D eigenvalue weighted by Gasteiger charge is -2.12. The molecule has 6 nitrogen and oxygen atoms in total. The van der Waals surface area contributed by atoms with Crippen LogP contribution < -0.4 is 15.2 Å². The molecular formula is C15H21N3O3. The fraction of sp³-hybridized carbons (Fsp3) is 0.467. The summed E-state index contributed by atoms with van der Waals surface area (Å²) in [7, 11) is 1.60. The van der Waals surface area contributed by atoms with Gasteiger partial charge in [0.2, 0.25) is 11.7 Å². The summed E-state index contributed by atoms with van der Waals surface area (Å²) in [5.41, 5.74) is 6.84. The van der Waals surface area contributed by atoms with E-state index in [0.717, 1.165) is 5.56 Å². The highest BCUT2D eigenvalue weighted by molar-refractivity contribution is 5.43. The van der Waals surface area contributed by atoms with Crippen molar-refractivity contribution in [2.45, 2.75) is 39.3 Å². The molecule has 0 fully saturated rings. The minimum Gasteiger partial charge on any atom is -0.493 e. The number of hydrogen-bond acceptors (Lipinski definition) is 6. The summed E-state index contributed by atoms with van der Waals surface area (Å²) in [4.78, 5) is 4.26. The standard InChI is InChI=1S/C15H21N3O3/c1-9(2)15-17-14(18-21-15)8-20-12-6-5-11(10(3)16)7-13(12)19-4/h5-7,9-10H,8,16H2,1-4H3/t10-/m0/s1. The Morgan fingerprint density at radius 2 is 2.00 bits per heavy atom. The van der Waals surface area contributed by atoms with Crippen LogP contribution in [-0.2, 0) is 6.61 Å². The summed E-state index contributed by atoms with van der Waals surface area (Å²) >= 11 is 0. The molecule has 0 unspecified atom stereocenters. The molecule has 1 aromatic heterocycles. The molecule has 2 aromatic rings. The molecule has 21 heavy (non-hydrogen) atoms. The van der Waals surface area contributed by atoms with E-state index in [0.29, 0.717) is 23.2 Å². The van der Waals surface area contributed by atoms with E-state index in [4.69, 9.17) is 19.7 Å². The fourth-order valence-corrected chi connectivity index (χ4v) is 1.79. The number of aromatic nitrogens is 2. The fourth-order valence-electron chi connectivity index (χ4n) is 1.79. The molecule has 2 N–H and O–H groups in total. The van der Waals surface area contributed by atoms with E-state index < -0.39 is 0 Å². The quantitative estimate of drug-likeness (QED) is 0.881. The van der Waals surface area contributed by atoms with E-state index in [-0.39, 0.29) is 18.6 Å². The number of rotatable bonds is 6. The minimum absolute atomic E-state index is 0.0567. The number of nitrogens with two attached hydrogens (primary N) is 1. The first-order chi connectivity index (χ1) is 10.0. The monoisotopic (exact) mass is 291 g/mol. The summed E-state index contributed by atoms with van der Waals surface area (Å²) in [6.45, 7) is 6.13. The number of methoxy groups -OCH3 is 1. The maximum atomic E-state index is 5.85. The molecule has 1 heterocycles. The van der Waals surface area contributed by atoms with Gasteiger partial charge in [0.1, 0.15) is 0 Å². The zero-order valence-corrected chi connectivity index (χ0v) is 12.8. The Hall–Kier alpha value is -2.08. The minimum atomic E-state index is -0.0567. The summed E-state index contributed by atoms with van der Waals surface area (Å²) < 4.78 is 16.1. The Bertz CT molecular complexity index is 594. The number of hydrogen-bond donors (Lipinski definition) is 1. The summed E-state index contributed by atoms with van der Waals surface area (Å²) in [5.74, 6) is 2.58. The van der Waals surface area contributed by atoms with Crippen molar-refractivity contribution in [1.29, 1.82) is 0 Å². The molecule has 6 heteroatoms. The molecule has 0 bridgehead atoms. The predicted octanol–water partition coefficient (Wildman–Crippen LogP) is 2.80. The van der Waals surface area contributed by atoms with Crippen LogP contribution >= 0.6 is 0 Å². The van der Waals surface area contributed by atoms with Crippen LogP contribution in [0, 0.1) is 0 Å². The van der Waals surface area contributed by atoms with Gasteiger partial charge >= 0.3 is 0 Å². The SMILES string of the molecule is COc1cc([C@H](C)N)ccc1OCc1noc(C(C)C)n1. The molecule has 0 saturated carbocycles. The predicted molar refractivity (Wildman–Crippen MR) is 78.3 cm³/mol. The van der Waals surface area contributed by atoms with Crippen molar-refractivity contribution in [1.82, 2.24) is 10.1 Å². The van der Waals surface area contributed by atoms with Gasteiger partial charge in [0, 0.05) is 12.0 Å². The van der Waals surface area contributed by atoms with Crippen molar-refractivity contribution in [2.75, 3.05) is 7.11 Å². The lowest BCUT2D eigenvalue weighted by atomic mass is 10.1. The van der Waals surface area contributed by atoms with Crippen LogP contribution in [0.4, 0.5) is 0 Å². The van der Waals surface area contributed by atoms with Crippen molar-refractivity contribution in [3.05, 3.63) is 35.5 Å². The molecule has 1 atom stereocenters. The van der Waals surface area contributed by atoms with Gasteiger partial charge in [-0.1, -0.05) is 25.1 Å². The maximum Gasteiger partial charge on any atom is 0.229 e. The Labute approximate surface area is 124 Å². The van der Waals surface area contributed by atoms with E-state index in [1.807, 2.05) is 39.0 Å². The third kappa shape index (κ3) is 3.72. The largest absolute Gasteiger partial charge is 0.493 e. The smallest absolute Gasteiger partial charge is 0.229 e. The molecule has 0 aliphatic heterocycles. The van der Waals surface area contributed by atoms with Crippen LogP contribution in [0.5, 0.6) is 11.5 Å². The van der Waals surface area contributed by atoms with Gasteiger partial charge in [-0.05, 0) is 24.6 Å². The second-order valence-corrected chi connectivity index (χ2v) is 5.19. The van der Waals surface area contributed by atoms with Crippen LogP contribution in [0.3, 0.4) is 0 Å². The highest BCUT2D eigenvalue weighted by Crippen LogP contribution is 2.30. The van der Waals surface area contributed by atoms with Crippen molar-refractivity contribution >= 4 is 0 Å². The lowest BCUT2D eigenvalue weighted by molar-refractivity contribution is 0.268. The van der Waals surface area contributed by atoms with Crippen molar-refractivity contribution in [2.24, 2.45) is 5.73 Å². The third-order valence-corrected chi connectivity index (χ3v) is 3.05. The normalized spacial score (nSPS) is 12.5. The first kappa shape index (κ1) is 15.3. The number of ether oxygens (including phenoxy) is 2. The molecule has 0 aliphatic carbocycles. The van der Waals surface area contributed by atoms with E-state index in [1.165, 1.54) is 0 Å². The molecule has 114 valence electrons. The van der Waals surface area contributed by atoms with Crippen molar-refractivity contribution < 1.29 is 14.0 Å². The summed E-state index contributed by atoms with van der Waals surface area (Å²) in [6.07, 6.45) is 0. The lowest BCUT2D eigenvalue weighted by Crippen LogP contribution is -2.06. The van der Waals surface area contributed by atoms with E-state index in [2.05, 4.69) is 10.1 Å². The Morgan fingerprint density at radius 1 is 1.24 bits per heavy atom. The zero-order valence-electron chi connectivity index (χ0n) is 12.8. The number of nitrogens with zero attached hydrogens (tertiary/aromatic N) is 2. The third-order valence-electron chi connectivity index (χ3n) is 3.05. The van der Waals surface area contributed by atoms with Crippen LogP contribution in [0.1, 0.15) is 50.0 Å². The van der Waals surface area contributed by atoms with E-state index in [9.17, 15) is 0 Å². The van der Waals surface area contributed by atoms with Crippen molar-refractivity contribution in [3.63, 3.8) is 0 Å². The van der Waals surface area contributed by atoms with Gasteiger partial charge < -0.3 is 19.7 Å². The topological polar surface area (TPSA) is 83.4 Å². The second kappa shape index (κ2) is 6.58. The Kier molecular flexibility index (Phi) is 4.80.